The summed E-state index contributed by atoms with van der Waals surface area (Å²) in [4.78, 5) is 9.12. The number of oxazole rings is 1. The summed E-state index contributed by atoms with van der Waals surface area (Å²) in [6, 6.07) is 17.0. The average molecular weight is 451 g/mol. The molecule has 0 fully saturated rings. The van der Waals surface area contributed by atoms with Crippen LogP contribution in [-0.2, 0) is 0 Å². The number of rotatable bonds is 4. The van der Waals surface area contributed by atoms with E-state index in [0.29, 0.717) is 17.2 Å². The molecule has 3 aromatic carbocycles. The zero-order valence-corrected chi connectivity index (χ0v) is 17.0. The van der Waals surface area contributed by atoms with Gasteiger partial charge in [-0.2, -0.15) is 0 Å². The highest BCUT2D eigenvalue weighted by Gasteiger charge is 2.15. The molecule has 1 aromatic heterocycles. The van der Waals surface area contributed by atoms with Crippen molar-refractivity contribution in [1.82, 2.24) is 4.98 Å². The second kappa shape index (κ2) is 7.25. The number of methoxy groups -OCH3 is 1. The molecule has 2 heterocycles. The van der Waals surface area contributed by atoms with Gasteiger partial charge in [-0.25, -0.2) is 4.98 Å². The molecule has 0 radical (unpaired) electrons. The number of halogens is 1. The molecule has 1 aliphatic rings. The van der Waals surface area contributed by atoms with Crippen LogP contribution in [0.2, 0.25) is 0 Å². The zero-order chi connectivity index (χ0) is 19.8. The third-order valence-electron chi connectivity index (χ3n) is 4.55. The van der Waals surface area contributed by atoms with Crippen LogP contribution in [0.25, 0.3) is 22.6 Å². The van der Waals surface area contributed by atoms with E-state index in [1.54, 1.807) is 13.3 Å². The van der Waals surface area contributed by atoms with Gasteiger partial charge in [-0.05, 0) is 64.5 Å². The molecule has 6 nitrogen and oxygen atoms in total. The topological polar surface area (TPSA) is 66.1 Å². The highest BCUT2D eigenvalue weighted by Crippen LogP contribution is 2.36. The van der Waals surface area contributed by atoms with Crippen molar-refractivity contribution in [3.8, 4) is 28.7 Å². The van der Waals surface area contributed by atoms with Crippen molar-refractivity contribution in [1.29, 1.82) is 0 Å². The molecule has 5 rings (SSSR count). The maximum atomic E-state index is 5.93. The van der Waals surface area contributed by atoms with E-state index in [2.05, 4.69) is 25.9 Å². The molecule has 144 valence electrons. The van der Waals surface area contributed by atoms with Gasteiger partial charge in [0.1, 0.15) is 11.3 Å². The Balaban J connectivity index is 1.43. The van der Waals surface area contributed by atoms with Gasteiger partial charge in [0.15, 0.2) is 17.1 Å². The van der Waals surface area contributed by atoms with Crippen molar-refractivity contribution in [2.45, 2.75) is 0 Å². The van der Waals surface area contributed by atoms with E-state index >= 15 is 0 Å². The number of fused-ring (bicyclic) bond motifs is 2. The van der Waals surface area contributed by atoms with Gasteiger partial charge in [-0.3, -0.25) is 4.99 Å². The van der Waals surface area contributed by atoms with Gasteiger partial charge in [-0.15, -0.1) is 0 Å². The predicted molar refractivity (Wildman–Crippen MR) is 114 cm³/mol. The maximum Gasteiger partial charge on any atom is 0.231 e. The molecular formula is C22H15BrN2O4. The Kier molecular flexibility index (Phi) is 4.44. The lowest BCUT2D eigenvalue weighted by Crippen LogP contribution is -1.92. The smallest absolute Gasteiger partial charge is 0.231 e. The number of nitrogens with zero attached hydrogens (tertiary/aromatic N) is 2. The number of benzene rings is 3. The van der Waals surface area contributed by atoms with Crippen LogP contribution in [0.4, 0.5) is 5.69 Å². The lowest BCUT2D eigenvalue weighted by molar-refractivity contribution is 0.174. The fourth-order valence-corrected chi connectivity index (χ4v) is 3.45. The Labute approximate surface area is 174 Å². The molecular weight excluding hydrogens is 436 g/mol. The van der Waals surface area contributed by atoms with Crippen LogP contribution in [0.1, 0.15) is 5.56 Å². The van der Waals surface area contributed by atoms with Crippen molar-refractivity contribution >= 4 is 38.9 Å². The van der Waals surface area contributed by atoms with E-state index < -0.39 is 0 Å². The quantitative estimate of drug-likeness (QED) is 0.370. The molecule has 29 heavy (non-hydrogen) atoms. The van der Waals surface area contributed by atoms with Crippen molar-refractivity contribution < 1.29 is 18.6 Å². The SMILES string of the molecule is COc1ccc(-c2nc3ccc(N=Cc4cc5c(cc4Br)OCO5)cc3o2)cc1. The minimum absolute atomic E-state index is 0.237. The van der Waals surface area contributed by atoms with E-state index in [1.807, 2.05) is 54.6 Å². The number of aromatic nitrogens is 1. The first-order valence-electron chi connectivity index (χ1n) is 8.88. The second-order valence-electron chi connectivity index (χ2n) is 6.38. The molecule has 0 aliphatic carbocycles. The fourth-order valence-electron chi connectivity index (χ4n) is 3.03. The molecule has 4 aromatic rings. The van der Waals surface area contributed by atoms with Crippen LogP contribution < -0.4 is 14.2 Å². The molecule has 0 bridgehead atoms. The number of hydrogen-bond donors (Lipinski definition) is 0. The van der Waals surface area contributed by atoms with Crippen molar-refractivity contribution in [2.75, 3.05) is 13.9 Å². The van der Waals surface area contributed by atoms with Gasteiger partial charge in [0, 0.05) is 27.9 Å². The zero-order valence-electron chi connectivity index (χ0n) is 15.4. The van der Waals surface area contributed by atoms with E-state index in [0.717, 1.165) is 38.3 Å². The maximum absolute atomic E-state index is 5.93. The minimum atomic E-state index is 0.237. The van der Waals surface area contributed by atoms with E-state index in [-0.39, 0.29) is 6.79 Å². The summed E-state index contributed by atoms with van der Waals surface area (Å²) in [6.07, 6.45) is 1.77. The van der Waals surface area contributed by atoms with Crippen LogP contribution in [0.3, 0.4) is 0 Å². The Morgan fingerprint density at radius 2 is 1.83 bits per heavy atom. The Morgan fingerprint density at radius 1 is 1.03 bits per heavy atom. The summed E-state index contributed by atoms with van der Waals surface area (Å²) >= 11 is 3.54. The third kappa shape index (κ3) is 3.45. The van der Waals surface area contributed by atoms with Gasteiger partial charge < -0.3 is 18.6 Å². The van der Waals surface area contributed by atoms with Crippen LogP contribution in [0.5, 0.6) is 17.2 Å². The summed E-state index contributed by atoms with van der Waals surface area (Å²) in [7, 11) is 1.64. The van der Waals surface area contributed by atoms with E-state index in [9.17, 15) is 0 Å². The van der Waals surface area contributed by atoms with Crippen LogP contribution >= 0.6 is 15.9 Å². The standard InChI is InChI=1S/C22H15BrN2O4/c1-26-16-5-2-13(3-6-16)22-25-18-7-4-15(9-19(18)29-22)24-11-14-8-20-21(10-17(14)23)28-12-27-20/h2-11H,12H2,1H3. The lowest BCUT2D eigenvalue weighted by atomic mass is 10.2. The molecule has 0 atom stereocenters. The molecule has 7 heteroatoms. The van der Waals surface area contributed by atoms with Gasteiger partial charge in [0.2, 0.25) is 12.7 Å². The van der Waals surface area contributed by atoms with E-state index in [1.165, 1.54) is 0 Å². The van der Waals surface area contributed by atoms with Crippen LogP contribution in [-0.4, -0.2) is 25.1 Å². The second-order valence-corrected chi connectivity index (χ2v) is 7.24. The molecule has 1 aliphatic heterocycles. The summed E-state index contributed by atoms with van der Waals surface area (Å²) in [5.41, 5.74) is 4.00. The molecule has 0 N–H and O–H groups in total. The monoisotopic (exact) mass is 450 g/mol. The summed E-state index contributed by atoms with van der Waals surface area (Å²) in [5, 5.41) is 0. The highest BCUT2D eigenvalue weighted by atomic mass is 79.9. The Morgan fingerprint density at radius 3 is 2.62 bits per heavy atom. The van der Waals surface area contributed by atoms with Crippen molar-refractivity contribution in [3.63, 3.8) is 0 Å². The normalized spacial score (nSPS) is 12.8. The first-order chi connectivity index (χ1) is 14.2. The summed E-state index contributed by atoms with van der Waals surface area (Å²) in [6.45, 7) is 0.237. The van der Waals surface area contributed by atoms with Gasteiger partial charge >= 0.3 is 0 Å². The Hall–Kier alpha value is -3.32. The lowest BCUT2D eigenvalue weighted by Gasteiger charge is -2.01. The van der Waals surface area contributed by atoms with Gasteiger partial charge in [0.25, 0.3) is 0 Å². The van der Waals surface area contributed by atoms with Gasteiger partial charge in [0.05, 0.1) is 12.8 Å². The van der Waals surface area contributed by atoms with Gasteiger partial charge in [-0.1, -0.05) is 0 Å². The van der Waals surface area contributed by atoms with Crippen molar-refractivity contribution in [2.24, 2.45) is 4.99 Å². The van der Waals surface area contributed by atoms with Crippen molar-refractivity contribution in [3.05, 3.63) is 64.6 Å². The molecule has 0 saturated carbocycles. The highest BCUT2D eigenvalue weighted by molar-refractivity contribution is 9.10. The third-order valence-corrected chi connectivity index (χ3v) is 5.24. The van der Waals surface area contributed by atoms with Crippen LogP contribution in [0, 0.1) is 0 Å². The number of aliphatic imine (C=N–C) groups is 1. The van der Waals surface area contributed by atoms with Crippen LogP contribution in [0.15, 0.2) is 68.5 Å². The largest absolute Gasteiger partial charge is 0.497 e. The average Bonchev–Trinajstić information content (AvgIpc) is 3.38. The minimum Gasteiger partial charge on any atom is -0.497 e. The number of ether oxygens (including phenoxy) is 3. The summed E-state index contributed by atoms with van der Waals surface area (Å²) < 4.78 is 22.8. The first kappa shape index (κ1) is 17.8. The Bertz CT molecular complexity index is 1230. The molecule has 0 saturated heterocycles. The van der Waals surface area contributed by atoms with E-state index in [4.69, 9.17) is 18.6 Å². The number of hydrogen-bond acceptors (Lipinski definition) is 6. The molecule has 0 spiro atoms. The molecule has 0 unspecified atom stereocenters. The summed E-state index contributed by atoms with van der Waals surface area (Å²) in [5.74, 6) is 2.78. The fraction of sp³-hybridized carbons (Fsp3) is 0.0909. The predicted octanol–water partition coefficient (Wildman–Crippen LogP) is 5.75. The molecule has 0 amide bonds. The first-order valence-corrected chi connectivity index (χ1v) is 9.67.